The molecule has 1 heterocycles. The number of hydrogen-bond donors (Lipinski definition) is 2. The van der Waals surface area contributed by atoms with E-state index in [1.807, 2.05) is 26.0 Å². The number of aromatic nitrogens is 1. The second-order valence-corrected chi connectivity index (χ2v) is 7.49. The highest BCUT2D eigenvalue weighted by Crippen LogP contribution is 2.22. The Labute approximate surface area is 185 Å². The molecule has 0 unspecified atom stereocenters. The molecule has 156 valence electrons. The van der Waals surface area contributed by atoms with E-state index in [4.69, 9.17) is 11.6 Å². The van der Waals surface area contributed by atoms with Crippen LogP contribution in [-0.4, -0.2) is 16.5 Å². The van der Waals surface area contributed by atoms with Gasteiger partial charge in [0.25, 0.3) is 11.8 Å². The number of rotatable bonds is 5. The normalized spacial score (nSPS) is 11.0. The molecule has 0 spiro atoms. The Hall–Kier alpha value is -3.82. The first kappa shape index (κ1) is 21.9. The van der Waals surface area contributed by atoms with Gasteiger partial charge in [-0.1, -0.05) is 35.9 Å². The Kier molecular flexibility index (Phi) is 6.58. The summed E-state index contributed by atoms with van der Waals surface area (Å²) in [6, 6.07) is 17.8. The maximum absolute atomic E-state index is 12.7. The molecule has 0 atom stereocenters. The zero-order valence-electron chi connectivity index (χ0n) is 17.4. The molecule has 0 saturated carbocycles. The predicted molar refractivity (Wildman–Crippen MR) is 122 cm³/mol. The van der Waals surface area contributed by atoms with Gasteiger partial charge in [-0.15, -0.1) is 0 Å². The number of benzene rings is 2. The van der Waals surface area contributed by atoms with Gasteiger partial charge in [0.05, 0.1) is 0 Å². The van der Waals surface area contributed by atoms with Gasteiger partial charge in [-0.2, -0.15) is 5.26 Å². The Morgan fingerprint density at radius 3 is 2.45 bits per heavy atom. The summed E-state index contributed by atoms with van der Waals surface area (Å²) in [6.07, 6.45) is 1.50. The molecule has 2 aromatic carbocycles. The monoisotopic (exact) mass is 432 g/mol. The Balaban J connectivity index is 1.85. The number of nitrogens with one attached hydrogen (secondary N) is 2. The smallest absolute Gasteiger partial charge is 0.270 e. The number of anilines is 1. The van der Waals surface area contributed by atoms with E-state index < -0.39 is 5.91 Å². The molecule has 0 radical (unpaired) electrons. The molecular formula is C24H21ClN4O2. The summed E-state index contributed by atoms with van der Waals surface area (Å²) in [7, 11) is 0. The molecule has 6 nitrogen and oxygen atoms in total. The fraction of sp³-hybridized carbons (Fsp3) is 0.125. The van der Waals surface area contributed by atoms with Crippen molar-refractivity contribution < 1.29 is 9.59 Å². The van der Waals surface area contributed by atoms with E-state index in [1.165, 1.54) is 6.08 Å². The SMILES string of the molecule is Cc1ccc(Cl)cc1NC(=O)/C(C#N)=C\c1cc(C)n(NC(=O)c2ccccc2)c1C. The van der Waals surface area contributed by atoms with Gasteiger partial charge in [0, 0.05) is 27.7 Å². The fourth-order valence-corrected chi connectivity index (χ4v) is 3.26. The number of halogens is 1. The zero-order valence-corrected chi connectivity index (χ0v) is 18.1. The first-order valence-corrected chi connectivity index (χ1v) is 9.92. The summed E-state index contributed by atoms with van der Waals surface area (Å²) in [6.45, 7) is 5.47. The lowest BCUT2D eigenvalue weighted by molar-refractivity contribution is -0.112. The van der Waals surface area contributed by atoms with Crippen LogP contribution in [0, 0.1) is 32.1 Å². The minimum absolute atomic E-state index is 0.0611. The summed E-state index contributed by atoms with van der Waals surface area (Å²) in [5.74, 6) is -0.793. The molecule has 0 aliphatic carbocycles. The summed E-state index contributed by atoms with van der Waals surface area (Å²) in [5.41, 5.74) is 6.79. The van der Waals surface area contributed by atoms with E-state index in [9.17, 15) is 14.9 Å². The Morgan fingerprint density at radius 2 is 1.77 bits per heavy atom. The largest absolute Gasteiger partial charge is 0.321 e. The lowest BCUT2D eigenvalue weighted by Gasteiger charge is -2.11. The molecule has 31 heavy (non-hydrogen) atoms. The second kappa shape index (κ2) is 9.33. The molecule has 0 aliphatic rings. The number of nitriles is 1. The van der Waals surface area contributed by atoms with Crippen molar-refractivity contribution >= 4 is 35.2 Å². The zero-order chi connectivity index (χ0) is 22.5. The fourth-order valence-electron chi connectivity index (χ4n) is 3.08. The number of hydrogen-bond acceptors (Lipinski definition) is 3. The highest BCUT2D eigenvalue weighted by molar-refractivity contribution is 6.31. The third-order valence-corrected chi connectivity index (χ3v) is 5.07. The van der Waals surface area contributed by atoms with Gasteiger partial charge >= 0.3 is 0 Å². The minimum Gasteiger partial charge on any atom is -0.321 e. The van der Waals surface area contributed by atoms with Crippen molar-refractivity contribution in [3.63, 3.8) is 0 Å². The summed E-state index contributed by atoms with van der Waals surface area (Å²) in [4.78, 5) is 25.2. The van der Waals surface area contributed by atoms with E-state index in [-0.39, 0.29) is 11.5 Å². The molecular weight excluding hydrogens is 412 g/mol. The van der Waals surface area contributed by atoms with Crippen LogP contribution in [0.15, 0.2) is 60.2 Å². The maximum atomic E-state index is 12.7. The van der Waals surface area contributed by atoms with E-state index in [1.54, 1.807) is 60.1 Å². The van der Waals surface area contributed by atoms with E-state index >= 15 is 0 Å². The molecule has 3 rings (SSSR count). The molecule has 7 heteroatoms. The van der Waals surface area contributed by atoms with Gasteiger partial charge in [-0.25, -0.2) is 0 Å². The van der Waals surface area contributed by atoms with Gasteiger partial charge in [-0.3, -0.25) is 19.7 Å². The molecule has 2 N–H and O–H groups in total. The summed E-state index contributed by atoms with van der Waals surface area (Å²) < 4.78 is 1.63. The van der Waals surface area contributed by atoms with Crippen LogP contribution in [0.25, 0.3) is 6.08 Å². The van der Waals surface area contributed by atoms with Gasteiger partial charge in [-0.05, 0) is 68.3 Å². The molecule has 2 amide bonds. The third kappa shape index (κ3) is 5.03. The quantitative estimate of drug-likeness (QED) is 0.439. The van der Waals surface area contributed by atoms with Crippen molar-refractivity contribution in [3.05, 3.63) is 93.3 Å². The first-order chi connectivity index (χ1) is 14.8. The number of aryl methyl sites for hydroxylation is 2. The number of amides is 2. The molecule has 1 aromatic heterocycles. The van der Waals surface area contributed by atoms with Crippen LogP contribution in [0.3, 0.4) is 0 Å². The van der Waals surface area contributed by atoms with Crippen LogP contribution in [0.2, 0.25) is 5.02 Å². The van der Waals surface area contributed by atoms with Crippen LogP contribution in [0.4, 0.5) is 5.69 Å². The summed E-state index contributed by atoms with van der Waals surface area (Å²) in [5, 5.41) is 12.8. The van der Waals surface area contributed by atoms with Crippen molar-refractivity contribution in [1.29, 1.82) is 5.26 Å². The molecule has 3 aromatic rings. The highest BCUT2D eigenvalue weighted by Gasteiger charge is 2.15. The van der Waals surface area contributed by atoms with Crippen molar-refractivity contribution in [2.24, 2.45) is 0 Å². The van der Waals surface area contributed by atoms with Crippen molar-refractivity contribution in [1.82, 2.24) is 4.68 Å². The van der Waals surface area contributed by atoms with Crippen LogP contribution >= 0.6 is 11.6 Å². The van der Waals surface area contributed by atoms with Gasteiger partial charge < -0.3 is 5.32 Å². The molecule has 0 bridgehead atoms. The first-order valence-electron chi connectivity index (χ1n) is 9.55. The van der Waals surface area contributed by atoms with E-state index in [2.05, 4.69) is 10.7 Å². The maximum Gasteiger partial charge on any atom is 0.270 e. The van der Waals surface area contributed by atoms with Crippen molar-refractivity contribution in [2.75, 3.05) is 10.7 Å². The van der Waals surface area contributed by atoms with Crippen LogP contribution in [-0.2, 0) is 4.79 Å². The van der Waals surface area contributed by atoms with Crippen LogP contribution < -0.4 is 10.7 Å². The molecule has 0 fully saturated rings. The topological polar surface area (TPSA) is 86.9 Å². The second-order valence-electron chi connectivity index (χ2n) is 7.05. The average molecular weight is 433 g/mol. The summed E-state index contributed by atoms with van der Waals surface area (Å²) >= 11 is 6.00. The average Bonchev–Trinajstić information content (AvgIpc) is 3.02. The van der Waals surface area contributed by atoms with Crippen molar-refractivity contribution in [2.45, 2.75) is 20.8 Å². The lowest BCUT2D eigenvalue weighted by atomic mass is 10.1. The number of carbonyl (C=O) groups is 2. The Morgan fingerprint density at radius 1 is 1.06 bits per heavy atom. The van der Waals surface area contributed by atoms with Gasteiger partial charge in [0.2, 0.25) is 0 Å². The molecule has 0 saturated heterocycles. The molecule has 0 aliphatic heterocycles. The minimum atomic E-state index is -0.536. The van der Waals surface area contributed by atoms with E-state index in [0.717, 1.165) is 11.3 Å². The van der Waals surface area contributed by atoms with Gasteiger partial charge in [0.15, 0.2) is 0 Å². The van der Waals surface area contributed by atoms with E-state index in [0.29, 0.717) is 27.5 Å². The van der Waals surface area contributed by atoms with Gasteiger partial charge in [0.1, 0.15) is 11.6 Å². The third-order valence-electron chi connectivity index (χ3n) is 4.83. The predicted octanol–water partition coefficient (Wildman–Crippen LogP) is 5.00. The number of carbonyl (C=O) groups excluding carboxylic acids is 2. The van der Waals surface area contributed by atoms with Crippen LogP contribution in [0.1, 0.15) is 32.9 Å². The Bertz CT molecular complexity index is 1220. The lowest BCUT2D eigenvalue weighted by Crippen LogP contribution is -2.24. The number of nitrogens with zero attached hydrogens (tertiary/aromatic N) is 2. The van der Waals surface area contributed by atoms with Crippen LogP contribution in [0.5, 0.6) is 0 Å². The standard InChI is InChI=1S/C24H21ClN4O2/c1-15-9-10-21(25)13-22(15)27-23(30)20(14-26)12-19-11-16(2)29(17(19)3)28-24(31)18-7-5-4-6-8-18/h4-13H,1-3H3,(H,27,30)(H,28,31)/b20-12-. The van der Waals surface area contributed by atoms with Crippen molar-refractivity contribution in [3.8, 4) is 6.07 Å². The highest BCUT2D eigenvalue weighted by atomic mass is 35.5.